The van der Waals surface area contributed by atoms with Crippen LogP contribution in [-0.2, 0) is 0 Å². The first-order valence-electron chi connectivity index (χ1n) is 11.7. The lowest BCUT2D eigenvalue weighted by molar-refractivity contribution is -0.135. The van der Waals surface area contributed by atoms with E-state index in [1.54, 1.807) is 6.07 Å². The molecule has 0 bridgehead atoms. The summed E-state index contributed by atoms with van der Waals surface area (Å²) >= 11 is 0. The second-order valence-electron chi connectivity index (χ2n) is 9.37. The van der Waals surface area contributed by atoms with E-state index < -0.39 is 12.6 Å². The van der Waals surface area contributed by atoms with E-state index in [1.807, 2.05) is 24.3 Å². The second kappa shape index (κ2) is 9.30. The van der Waals surface area contributed by atoms with E-state index in [-0.39, 0.29) is 18.9 Å². The Balaban J connectivity index is 1.55. The monoisotopic (exact) mass is 447 g/mol. The minimum atomic E-state index is -4.20. The average Bonchev–Trinajstić information content (AvgIpc) is 2.89. The van der Waals surface area contributed by atoms with E-state index in [0.717, 1.165) is 61.3 Å². The molecule has 0 aliphatic carbocycles. The van der Waals surface area contributed by atoms with E-state index in [4.69, 9.17) is 0 Å². The molecule has 0 radical (unpaired) electrons. The molecule has 0 saturated carbocycles. The Morgan fingerprint density at radius 3 is 2.50 bits per heavy atom. The quantitative estimate of drug-likeness (QED) is 0.545. The van der Waals surface area contributed by atoms with Gasteiger partial charge in [0.1, 0.15) is 0 Å². The third-order valence-corrected chi connectivity index (χ3v) is 6.56. The Morgan fingerprint density at radius 1 is 0.969 bits per heavy atom. The first kappa shape index (κ1) is 22.9. The molecule has 4 nitrogen and oxygen atoms in total. The number of rotatable bonds is 7. The van der Waals surface area contributed by atoms with Gasteiger partial charge in [-0.2, -0.15) is 13.2 Å². The van der Waals surface area contributed by atoms with Crippen LogP contribution in [0.3, 0.4) is 0 Å². The second-order valence-corrected chi connectivity index (χ2v) is 9.37. The molecule has 4 rings (SSSR count). The zero-order chi connectivity index (χ0) is 22.9. The fourth-order valence-electron chi connectivity index (χ4n) is 4.84. The van der Waals surface area contributed by atoms with Crippen molar-refractivity contribution in [2.45, 2.75) is 45.7 Å². The third-order valence-electron chi connectivity index (χ3n) is 6.56. The van der Waals surface area contributed by atoms with Crippen LogP contribution in [0.4, 0.5) is 24.5 Å². The molecule has 1 amide bonds. The topological polar surface area (TPSA) is 26.8 Å². The van der Waals surface area contributed by atoms with Crippen LogP contribution in [0, 0.1) is 5.92 Å². The molecule has 0 unspecified atom stereocenters. The molecule has 0 N–H and O–H groups in total. The number of alkyl halides is 3. The molecular weight excluding hydrogens is 415 g/mol. The SMILES string of the molecule is CC(C)CCN1CCCN(c2ccc3c4c(cccc24)C(=O)N3CCCC(F)(F)F)CC1. The number of carbonyl (C=O) groups is 1. The summed E-state index contributed by atoms with van der Waals surface area (Å²) in [5.74, 6) is 0.503. The van der Waals surface area contributed by atoms with Crippen LogP contribution in [-0.4, -0.2) is 56.3 Å². The molecule has 1 saturated heterocycles. The lowest BCUT2D eigenvalue weighted by Gasteiger charge is -2.26. The molecule has 2 heterocycles. The maximum absolute atomic E-state index is 13.0. The summed E-state index contributed by atoms with van der Waals surface area (Å²) in [7, 11) is 0. The van der Waals surface area contributed by atoms with Gasteiger partial charge in [-0.1, -0.05) is 26.0 Å². The summed E-state index contributed by atoms with van der Waals surface area (Å²) in [4.78, 5) is 19.4. The highest BCUT2D eigenvalue weighted by atomic mass is 19.4. The Kier molecular flexibility index (Phi) is 6.65. The van der Waals surface area contributed by atoms with Crippen LogP contribution in [0.2, 0.25) is 0 Å². The van der Waals surface area contributed by atoms with Crippen molar-refractivity contribution in [2.24, 2.45) is 5.92 Å². The molecule has 2 aliphatic rings. The zero-order valence-corrected chi connectivity index (χ0v) is 18.9. The number of halogens is 3. The third kappa shape index (κ3) is 4.87. The van der Waals surface area contributed by atoms with E-state index in [1.165, 1.54) is 11.3 Å². The molecule has 2 aliphatic heterocycles. The average molecular weight is 448 g/mol. The fourth-order valence-corrected chi connectivity index (χ4v) is 4.84. The number of carbonyl (C=O) groups excluding carboxylic acids is 1. The van der Waals surface area contributed by atoms with E-state index in [2.05, 4.69) is 23.6 Å². The maximum Gasteiger partial charge on any atom is 0.389 e. The number of benzene rings is 2. The first-order valence-corrected chi connectivity index (χ1v) is 11.7. The van der Waals surface area contributed by atoms with Gasteiger partial charge in [0.25, 0.3) is 5.91 Å². The first-order chi connectivity index (χ1) is 15.2. The molecule has 7 heteroatoms. The van der Waals surface area contributed by atoms with E-state index in [0.29, 0.717) is 11.5 Å². The van der Waals surface area contributed by atoms with Crippen molar-refractivity contribution in [3.05, 3.63) is 35.9 Å². The number of amides is 1. The number of hydrogen-bond acceptors (Lipinski definition) is 3. The van der Waals surface area contributed by atoms with Gasteiger partial charge >= 0.3 is 6.18 Å². The molecule has 174 valence electrons. The highest BCUT2D eigenvalue weighted by Crippen LogP contribution is 2.42. The van der Waals surface area contributed by atoms with Crippen molar-refractivity contribution in [1.29, 1.82) is 0 Å². The van der Waals surface area contributed by atoms with Crippen molar-refractivity contribution in [3.8, 4) is 0 Å². The van der Waals surface area contributed by atoms with E-state index in [9.17, 15) is 18.0 Å². The Morgan fingerprint density at radius 2 is 1.75 bits per heavy atom. The minimum Gasteiger partial charge on any atom is -0.370 e. The van der Waals surface area contributed by atoms with Gasteiger partial charge in [-0.05, 0) is 56.5 Å². The lowest BCUT2D eigenvalue weighted by atomic mass is 10.0. The predicted molar refractivity (Wildman–Crippen MR) is 124 cm³/mol. The highest BCUT2D eigenvalue weighted by Gasteiger charge is 2.33. The standard InChI is InChI=1S/C25H32F3N3O/c1-18(2)10-15-29-12-5-13-30(17-16-29)21-8-9-22-23-19(21)6-3-7-20(23)24(32)31(22)14-4-11-25(26,27)28/h3,6-9,18H,4-5,10-17H2,1-2H3. The summed E-state index contributed by atoms with van der Waals surface area (Å²) in [5, 5.41) is 1.89. The Labute approximate surface area is 188 Å². The molecule has 2 aromatic carbocycles. The molecule has 0 aromatic heterocycles. The van der Waals surface area contributed by atoms with Gasteiger partial charge in [-0.25, -0.2) is 0 Å². The number of nitrogens with zero attached hydrogens (tertiary/aromatic N) is 3. The lowest BCUT2D eigenvalue weighted by Crippen LogP contribution is -2.31. The van der Waals surface area contributed by atoms with Gasteiger partial charge < -0.3 is 14.7 Å². The normalized spacial score (nSPS) is 17.6. The predicted octanol–water partition coefficient (Wildman–Crippen LogP) is 5.70. The van der Waals surface area contributed by atoms with Crippen LogP contribution in [0.15, 0.2) is 30.3 Å². The van der Waals surface area contributed by atoms with Crippen molar-refractivity contribution in [2.75, 3.05) is 49.1 Å². The maximum atomic E-state index is 13.0. The number of anilines is 2. The number of hydrogen-bond donors (Lipinski definition) is 0. The van der Waals surface area contributed by atoms with Gasteiger partial charge in [0.05, 0.1) is 5.69 Å². The van der Waals surface area contributed by atoms with Gasteiger partial charge in [-0.15, -0.1) is 0 Å². The van der Waals surface area contributed by atoms with Crippen LogP contribution >= 0.6 is 0 Å². The Bertz CT molecular complexity index is 973. The van der Waals surface area contributed by atoms with Crippen molar-refractivity contribution < 1.29 is 18.0 Å². The molecule has 1 fully saturated rings. The summed E-state index contributed by atoms with van der Waals surface area (Å²) in [6.45, 7) is 9.70. The largest absolute Gasteiger partial charge is 0.389 e. The summed E-state index contributed by atoms with van der Waals surface area (Å²) in [6.07, 6.45) is -2.89. The minimum absolute atomic E-state index is 0.0794. The summed E-state index contributed by atoms with van der Waals surface area (Å²) in [5.41, 5.74) is 2.45. The van der Waals surface area contributed by atoms with Crippen LogP contribution in [0.25, 0.3) is 10.8 Å². The van der Waals surface area contributed by atoms with Crippen molar-refractivity contribution >= 4 is 28.1 Å². The molecular formula is C25H32F3N3O. The Hall–Kier alpha value is -2.28. The van der Waals surface area contributed by atoms with Crippen molar-refractivity contribution in [3.63, 3.8) is 0 Å². The van der Waals surface area contributed by atoms with Gasteiger partial charge in [0.15, 0.2) is 0 Å². The summed E-state index contributed by atoms with van der Waals surface area (Å²) in [6, 6.07) is 9.67. The zero-order valence-electron chi connectivity index (χ0n) is 18.9. The van der Waals surface area contributed by atoms with Crippen molar-refractivity contribution in [1.82, 2.24) is 4.90 Å². The highest BCUT2D eigenvalue weighted by molar-refractivity contribution is 6.26. The van der Waals surface area contributed by atoms with Crippen LogP contribution in [0.5, 0.6) is 0 Å². The van der Waals surface area contributed by atoms with Crippen LogP contribution < -0.4 is 9.80 Å². The molecule has 32 heavy (non-hydrogen) atoms. The molecule has 2 aromatic rings. The van der Waals surface area contributed by atoms with Gasteiger partial charge in [0, 0.05) is 54.6 Å². The van der Waals surface area contributed by atoms with Gasteiger partial charge in [0.2, 0.25) is 0 Å². The molecule has 0 atom stereocenters. The molecule has 0 spiro atoms. The summed E-state index contributed by atoms with van der Waals surface area (Å²) < 4.78 is 37.8. The fraction of sp³-hybridized carbons (Fsp3) is 0.560. The van der Waals surface area contributed by atoms with E-state index >= 15 is 0 Å². The van der Waals surface area contributed by atoms with Crippen LogP contribution in [0.1, 0.15) is 49.9 Å². The smallest absolute Gasteiger partial charge is 0.370 e. The van der Waals surface area contributed by atoms with Gasteiger partial charge in [-0.3, -0.25) is 4.79 Å².